The van der Waals surface area contributed by atoms with Gasteiger partial charge in [-0.1, -0.05) is 0 Å². The lowest BCUT2D eigenvalue weighted by atomic mass is 10.3. The third-order valence-corrected chi connectivity index (χ3v) is 3.48. The largest absolute Gasteiger partial charge is 0.497 e. The molecule has 0 aliphatic carbocycles. The van der Waals surface area contributed by atoms with Crippen LogP contribution in [0.3, 0.4) is 0 Å². The number of rotatable bonds is 4. The minimum absolute atomic E-state index is 0.723. The summed E-state index contributed by atoms with van der Waals surface area (Å²) in [5.74, 6) is 0.864. The maximum absolute atomic E-state index is 5.12. The van der Waals surface area contributed by atoms with Crippen LogP contribution < -0.4 is 10.1 Å². The van der Waals surface area contributed by atoms with Crippen molar-refractivity contribution in [2.45, 2.75) is 6.54 Å². The Labute approximate surface area is 109 Å². The van der Waals surface area contributed by atoms with Crippen molar-refractivity contribution in [2.75, 3.05) is 12.4 Å². The molecule has 0 amide bonds. The third kappa shape index (κ3) is 2.17. The summed E-state index contributed by atoms with van der Waals surface area (Å²) in [4.78, 5) is 5.54. The molecule has 3 rings (SSSR count). The molecule has 0 aliphatic rings. The first kappa shape index (κ1) is 11.1. The predicted molar refractivity (Wildman–Crippen MR) is 73.4 cm³/mol. The summed E-state index contributed by atoms with van der Waals surface area (Å²) >= 11 is 1.64. The molecule has 2 aromatic heterocycles. The van der Waals surface area contributed by atoms with Crippen LogP contribution in [0.25, 0.3) is 4.96 Å². The smallest absolute Gasteiger partial charge is 0.193 e. The summed E-state index contributed by atoms with van der Waals surface area (Å²) < 4.78 is 7.16. The number of hydrogen-bond donors (Lipinski definition) is 1. The molecule has 92 valence electrons. The van der Waals surface area contributed by atoms with Crippen LogP contribution in [0.15, 0.2) is 42.0 Å². The van der Waals surface area contributed by atoms with Gasteiger partial charge in [0.2, 0.25) is 0 Å². The van der Waals surface area contributed by atoms with Gasteiger partial charge in [-0.2, -0.15) is 0 Å². The number of benzene rings is 1. The SMILES string of the molecule is COc1ccc(NCc2cn3ccsc3n2)cc1. The number of thiazole rings is 1. The summed E-state index contributed by atoms with van der Waals surface area (Å²) in [5.41, 5.74) is 2.10. The Kier molecular flexibility index (Phi) is 2.90. The molecule has 4 nitrogen and oxygen atoms in total. The monoisotopic (exact) mass is 259 g/mol. The molecule has 0 saturated heterocycles. The number of anilines is 1. The number of ether oxygens (including phenoxy) is 1. The molecule has 5 heteroatoms. The Bertz CT molecular complexity index is 613. The lowest BCUT2D eigenvalue weighted by Crippen LogP contribution is -1.99. The van der Waals surface area contributed by atoms with Crippen molar-refractivity contribution in [1.29, 1.82) is 0 Å². The van der Waals surface area contributed by atoms with Gasteiger partial charge in [0.1, 0.15) is 5.75 Å². The average Bonchev–Trinajstić information content (AvgIpc) is 2.97. The van der Waals surface area contributed by atoms with Crippen LogP contribution in [0, 0.1) is 0 Å². The Balaban J connectivity index is 1.68. The zero-order valence-corrected chi connectivity index (χ0v) is 10.8. The standard InChI is InChI=1S/C13H13N3OS/c1-17-12-4-2-10(3-5-12)14-8-11-9-16-6-7-18-13(16)15-11/h2-7,9,14H,8H2,1H3. The quantitative estimate of drug-likeness (QED) is 0.782. The fraction of sp³-hybridized carbons (Fsp3) is 0.154. The predicted octanol–water partition coefficient (Wildman–Crippen LogP) is 3.02. The lowest BCUT2D eigenvalue weighted by molar-refractivity contribution is 0.415. The van der Waals surface area contributed by atoms with Gasteiger partial charge < -0.3 is 10.1 Å². The molecular weight excluding hydrogens is 246 g/mol. The van der Waals surface area contributed by atoms with E-state index in [0.717, 1.165) is 28.6 Å². The zero-order chi connectivity index (χ0) is 12.4. The van der Waals surface area contributed by atoms with E-state index in [1.165, 1.54) is 0 Å². The second kappa shape index (κ2) is 4.70. The van der Waals surface area contributed by atoms with Crippen LogP contribution in [0.5, 0.6) is 5.75 Å². The van der Waals surface area contributed by atoms with E-state index in [9.17, 15) is 0 Å². The normalized spacial score (nSPS) is 10.7. The molecule has 0 fully saturated rings. The van der Waals surface area contributed by atoms with Crippen molar-refractivity contribution in [3.05, 3.63) is 47.7 Å². The number of imidazole rings is 1. The van der Waals surface area contributed by atoms with Crippen molar-refractivity contribution in [3.63, 3.8) is 0 Å². The molecule has 0 radical (unpaired) electrons. The summed E-state index contributed by atoms with van der Waals surface area (Å²) in [7, 11) is 1.67. The summed E-state index contributed by atoms with van der Waals surface area (Å²) in [5, 5.41) is 5.37. The van der Waals surface area contributed by atoms with E-state index in [0.29, 0.717) is 0 Å². The second-order valence-corrected chi connectivity index (χ2v) is 4.78. The molecule has 18 heavy (non-hydrogen) atoms. The first-order chi connectivity index (χ1) is 8.85. The highest BCUT2D eigenvalue weighted by molar-refractivity contribution is 7.15. The Morgan fingerprint density at radius 1 is 1.33 bits per heavy atom. The highest BCUT2D eigenvalue weighted by atomic mass is 32.1. The van der Waals surface area contributed by atoms with E-state index in [2.05, 4.69) is 10.3 Å². The minimum Gasteiger partial charge on any atom is -0.497 e. The highest BCUT2D eigenvalue weighted by Crippen LogP contribution is 2.16. The van der Waals surface area contributed by atoms with Crippen LogP contribution in [-0.4, -0.2) is 16.5 Å². The van der Waals surface area contributed by atoms with Crippen molar-refractivity contribution >= 4 is 22.0 Å². The average molecular weight is 259 g/mol. The van der Waals surface area contributed by atoms with E-state index < -0.39 is 0 Å². The molecule has 0 spiro atoms. The number of nitrogens with zero attached hydrogens (tertiary/aromatic N) is 2. The van der Waals surface area contributed by atoms with Gasteiger partial charge in [0.25, 0.3) is 0 Å². The van der Waals surface area contributed by atoms with Crippen LogP contribution in [0.4, 0.5) is 5.69 Å². The van der Waals surface area contributed by atoms with Gasteiger partial charge in [-0.15, -0.1) is 11.3 Å². The lowest BCUT2D eigenvalue weighted by Gasteiger charge is -2.05. The maximum Gasteiger partial charge on any atom is 0.193 e. The van der Waals surface area contributed by atoms with Gasteiger partial charge >= 0.3 is 0 Å². The van der Waals surface area contributed by atoms with E-state index in [1.54, 1.807) is 18.4 Å². The first-order valence-electron chi connectivity index (χ1n) is 5.64. The molecule has 2 heterocycles. The van der Waals surface area contributed by atoms with Gasteiger partial charge in [-0.25, -0.2) is 4.98 Å². The molecule has 3 aromatic rings. The van der Waals surface area contributed by atoms with E-state index in [-0.39, 0.29) is 0 Å². The Hall–Kier alpha value is -2.01. The molecule has 0 aliphatic heterocycles. The van der Waals surface area contributed by atoms with Crippen LogP contribution in [0.2, 0.25) is 0 Å². The van der Waals surface area contributed by atoms with Gasteiger partial charge in [0.05, 0.1) is 19.3 Å². The van der Waals surface area contributed by atoms with Gasteiger partial charge in [-0.3, -0.25) is 4.40 Å². The maximum atomic E-state index is 5.12. The molecule has 1 N–H and O–H groups in total. The summed E-state index contributed by atoms with van der Waals surface area (Å²) in [6, 6.07) is 7.87. The fourth-order valence-electron chi connectivity index (χ4n) is 1.76. The molecular formula is C13H13N3OS. The number of fused-ring (bicyclic) bond motifs is 1. The van der Waals surface area contributed by atoms with Gasteiger partial charge in [-0.05, 0) is 24.3 Å². The van der Waals surface area contributed by atoms with E-state index >= 15 is 0 Å². The van der Waals surface area contributed by atoms with E-state index in [1.807, 2.05) is 46.4 Å². The Morgan fingerprint density at radius 2 is 2.17 bits per heavy atom. The molecule has 0 saturated carbocycles. The van der Waals surface area contributed by atoms with Crippen LogP contribution in [-0.2, 0) is 6.54 Å². The van der Waals surface area contributed by atoms with Crippen LogP contribution >= 0.6 is 11.3 Å². The molecule has 0 atom stereocenters. The van der Waals surface area contributed by atoms with E-state index in [4.69, 9.17) is 4.74 Å². The highest BCUT2D eigenvalue weighted by Gasteiger charge is 2.02. The Morgan fingerprint density at radius 3 is 2.89 bits per heavy atom. The van der Waals surface area contributed by atoms with Crippen molar-refractivity contribution in [2.24, 2.45) is 0 Å². The van der Waals surface area contributed by atoms with Crippen molar-refractivity contribution in [3.8, 4) is 5.75 Å². The van der Waals surface area contributed by atoms with Gasteiger partial charge in [0.15, 0.2) is 4.96 Å². The third-order valence-electron chi connectivity index (χ3n) is 2.71. The topological polar surface area (TPSA) is 38.6 Å². The fourth-order valence-corrected chi connectivity index (χ4v) is 2.48. The van der Waals surface area contributed by atoms with Crippen LogP contribution in [0.1, 0.15) is 5.69 Å². The first-order valence-corrected chi connectivity index (χ1v) is 6.52. The molecule has 0 bridgehead atoms. The molecule has 1 aromatic carbocycles. The number of aromatic nitrogens is 2. The molecule has 0 unspecified atom stereocenters. The van der Waals surface area contributed by atoms with Crippen molar-refractivity contribution in [1.82, 2.24) is 9.38 Å². The van der Waals surface area contributed by atoms with Gasteiger partial charge in [0, 0.05) is 23.5 Å². The summed E-state index contributed by atoms with van der Waals surface area (Å²) in [6.07, 6.45) is 4.06. The number of hydrogen-bond acceptors (Lipinski definition) is 4. The summed E-state index contributed by atoms with van der Waals surface area (Å²) in [6.45, 7) is 0.723. The second-order valence-electron chi connectivity index (χ2n) is 3.91. The zero-order valence-electron chi connectivity index (χ0n) is 9.96. The minimum atomic E-state index is 0.723. The number of nitrogens with one attached hydrogen (secondary N) is 1. The van der Waals surface area contributed by atoms with Crippen molar-refractivity contribution < 1.29 is 4.74 Å². The number of methoxy groups -OCH3 is 1.